The smallest absolute Gasteiger partial charge is 0.382 e. The van der Waals surface area contributed by atoms with Crippen molar-refractivity contribution in [2.75, 3.05) is 82.8 Å². The summed E-state index contributed by atoms with van der Waals surface area (Å²) in [6.07, 6.45) is 14.0. The topological polar surface area (TPSA) is 83.1 Å². The maximum Gasteiger partial charge on any atom is 0.503 e. The van der Waals surface area contributed by atoms with Crippen molar-refractivity contribution in [3.8, 4) is 0 Å². The van der Waals surface area contributed by atoms with Gasteiger partial charge in [-0.05, 0) is 25.7 Å². The second kappa shape index (κ2) is 25.1. The van der Waals surface area contributed by atoms with Crippen LogP contribution in [0, 0.1) is 0 Å². The Labute approximate surface area is 229 Å². The lowest BCUT2D eigenvalue weighted by Gasteiger charge is -2.36. The molecule has 0 rings (SSSR count). The molecule has 0 saturated heterocycles. The summed E-state index contributed by atoms with van der Waals surface area (Å²) < 4.78 is 50.6. The molecule has 0 N–H and O–H groups in total. The molecular weight excluding hydrogens is 512 g/mol. The Balaban J connectivity index is 3.93. The molecule has 0 fully saturated rings. The van der Waals surface area contributed by atoms with Crippen LogP contribution in [0.3, 0.4) is 0 Å². The van der Waals surface area contributed by atoms with Crippen molar-refractivity contribution in [1.29, 1.82) is 0 Å². The Morgan fingerprint density at radius 2 is 0.838 bits per heavy atom. The van der Waals surface area contributed by atoms with E-state index >= 15 is 0 Å². The summed E-state index contributed by atoms with van der Waals surface area (Å²) >= 11 is 0. The fraction of sp³-hybridized carbons (Fsp3) is 1.00. The maximum absolute atomic E-state index is 5.80. The van der Waals surface area contributed by atoms with E-state index in [9.17, 15) is 0 Å². The maximum atomic E-state index is 5.80. The van der Waals surface area contributed by atoms with Crippen molar-refractivity contribution >= 4 is 17.6 Å². The van der Waals surface area contributed by atoms with Crippen LogP contribution in [-0.2, 0) is 40.8 Å². The molecule has 0 aliphatic rings. The van der Waals surface area contributed by atoms with E-state index in [1.165, 1.54) is 44.9 Å². The molecule has 37 heavy (non-hydrogen) atoms. The standard InChI is InChI=1S/C26H58O9Si2/c1-27-23-24-35-22-18-14-13-17-21-34-20-16-12-10-8-9-11-15-19-26(37(31-5,32-6)33-7)25-36(28-2,29-3)30-4/h26H,8-25H2,1-7H3. The quantitative estimate of drug-likeness (QED) is 0.0858. The molecule has 9 nitrogen and oxygen atoms in total. The van der Waals surface area contributed by atoms with Crippen LogP contribution in [0.15, 0.2) is 0 Å². The zero-order valence-corrected chi connectivity index (χ0v) is 27.0. The Bertz CT molecular complexity index is 464. The summed E-state index contributed by atoms with van der Waals surface area (Å²) in [5, 5.41) is 0. The van der Waals surface area contributed by atoms with E-state index in [1.807, 2.05) is 0 Å². The zero-order valence-electron chi connectivity index (χ0n) is 25.0. The molecule has 0 aromatic rings. The van der Waals surface area contributed by atoms with Crippen molar-refractivity contribution in [2.45, 2.75) is 88.6 Å². The first-order chi connectivity index (χ1) is 18.0. The Hall–Kier alpha value is 0.0738. The predicted octanol–water partition coefficient (Wildman–Crippen LogP) is 5.47. The number of hydrogen-bond donors (Lipinski definition) is 0. The van der Waals surface area contributed by atoms with E-state index in [0.717, 1.165) is 51.9 Å². The Morgan fingerprint density at radius 3 is 1.24 bits per heavy atom. The molecular formula is C26H58O9Si2. The molecule has 0 aliphatic carbocycles. The summed E-state index contributed by atoms with van der Waals surface area (Å²) in [6.45, 7) is 3.96. The first kappa shape index (κ1) is 37.1. The minimum Gasteiger partial charge on any atom is -0.382 e. The van der Waals surface area contributed by atoms with Gasteiger partial charge in [0.25, 0.3) is 0 Å². The summed E-state index contributed by atoms with van der Waals surface area (Å²) in [5.41, 5.74) is 0.0606. The number of ether oxygens (including phenoxy) is 3. The van der Waals surface area contributed by atoms with Gasteiger partial charge >= 0.3 is 17.6 Å². The molecule has 0 saturated carbocycles. The van der Waals surface area contributed by atoms with E-state index in [2.05, 4.69) is 0 Å². The molecule has 0 radical (unpaired) electrons. The highest BCUT2D eigenvalue weighted by molar-refractivity contribution is 6.67. The van der Waals surface area contributed by atoms with Crippen LogP contribution in [0.4, 0.5) is 0 Å². The third kappa shape index (κ3) is 16.7. The van der Waals surface area contributed by atoms with Gasteiger partial charge in [0, 0.05) is 81.2 Å². The number of rotatable bonds is 29. The number of unbranched alkanes of at least 4 members (excludes halogenated alkanes) is 9. The molecule has 11 heteroatoms. The van der Waals surface area contributed by atoms with Crippen molar-refractivity contribution in [2.24, 2.45) is 0 Å². The first-order valence-corrected chi connectivity index (χ1v) is 17.7. The van der Waals surface area contributed by atoms with Gasteiger partial charge in [-0.15, -0.1) is 0 Å². The van der Waals surface area contributed by atoms with Crippen LogP contribution < -0.4 is 0 Å². The third-order valence-electron chi connectivity index (χ3n) is 6.88. The minimum atomic E-state index is -2.85. The number of hydrogen-bond acceptors (Lipinski definition) is 9. The lowest BCUT2D eigenvalue weighted by atomic mass is 10.1. The monoisotopic (exact) mass is 570 g/mol. The second-order valence-electron chi connectivity index (χ2n) is 9.31. The van der Waals surface area contributed by atoms with Crippen molar-refractivity contribution in [3.05, 3.63) is 0 Å². The van der Waals surface area contributed by atoms with Gasteiger partial charge in [-0.25, -0.2) is 0 Å². The lowest BCUT2D eigenvalue weighted by molar-refractivity contribution is 0.0680. The van der Waals surface area contributed by atoms with Gasteiger partial charge < -0.3 is 40.8 Å². The highest BCUT2D eigenvalue weighted by Crippen LogP contribution is 2.37. The van der Waals surface area contributed by atoms with Crippen molar-refractivity contribution in [1.82, 2.24) is 0 Å². The average Bonchev–Trinajstić information content (AvgIpc) is 2.93. The lowest BCUT2D eigenvalue weighted by Crippen LogP contribution is -2.53. The third-order valence-corrected chi connectivity index (χ3v) is 13.4. The summed E-state index contributed by atoms with van der Waals surface area (Å²) in [4.78, 5) is 0. The van der Waals surface area contributed by atoms with Gasteiger partial charge in [0.15, 0.2) is 0 Å². The Morgan fingerprint density at radius 1 is 0.432 bits per heavy atom. The van der Waals surface area contributed by atoms with E-state index in [4.69, 9.17) is 40.8 Å². The molecule has 1 unspecified atom stereocenters. The van der Waals surface area contributed by atoms with Crippen molar-refractivity contribution in [3.63, 3.8) is 0 Å². The highest BCUT2D eigenvalue weighted by atomic mass is 28.4. The molecule has 1 atom stereocenters. The summed E-state index contributed by atoms with van der Waals surface area (Å²) in [5.74, 6) is 0. The fourth-order valence-corrected chi connectivity index (χ4v) is 10.2. The molecule has 0 spiro atoms. The summed E-state index contributed by atoms with van der Waals surface area (Å²) in [7, 11) is 5.97. The normalized spacial score (nSPS) is 13.4. The molecule has 0 bridgehead atoms. The predicted molar refractivity (Wildman–Crippen MR) is 151 cm³/mol. The van der Waals surface area contributed by atoms with Gasteiger partial charge in [0.1, 0.15) is 0 Å². The van der Waals surface area contributed by atoms with Gasteiger partial charge in [-0.1, -0.05) is 51.4 Å². The molecule has 0 heterocycles. The Kier molecular flexibility index (Phi) is 25.1. The molecule has 0 aromatic heterocycles. The molecule has 0 amide bonds. The van der Waals surface area contributed by atoms with Crippen LogP contribution in [0.1, 0.15) is 77.0 Å². The highest BCUT2D eigenvalue weighted by Gasteiger charge is 2.53. The van der Waals surface area contributed by atoms with E-state index in [1.54, 1.807) is 49.8 Å². The molecule has 0 aliphatic heterocycles. The largest absolute Gasteiger partial charge is 0.503 e. The van der Waals surface area contributed by atoms with Crippen LogP contribution >= 0.6 is 0 Å². The van der Waals surface area contributed by atoms with Crippen LogP contribution in [0.2, 0.25) is 11.6 Å². The van der Waals surface area contributed by atoms with E-state index in [0.29, 0.717) is 19.3 Å². The fourth-order valence-electron chi connectivity index (χ4n) is 4.54. The average molecular weight is 571 g/mol. The second-order valence-corrected chi connectivity index (χ2v) is 15.6. The van der Waals surface area contributed by atoms with Crippen LogP contribution in [-0.4, -0.2) is 100 Å². The first-order valence-electron chi connectivity index (χ1n) is 14.0. The minimum absolute atomic E-state index is 0.0606. The molecule has 0 aromatic carbocycles. The van der Waals surface area contributed by atoms with Crippen molar-refractivity contribution < 1.29 is 40.8 Å². The summed E-state index contributed by atoms with van der Waals surface area (Å²) in [6, 6.07) is 0.613. The number of methoxy groups -OCH3 is 1. The van der Waals surface area contributed by atoms with E-state index < -0.39 is 17.6 Å². The SMILES string of the molecule is COCCOCCCCCCOCCCCCCCCCC(C[Si](OC)(OC)OC)[Si](OC)(OC)OC. The molecule has 224 valence electrons. The van der Waals surface area contributed by atoms with Gasteiger partial charge in [0.2, 0.25) is 0 Å². The van der Waals surface area contributed by atoms with E-state index in [-0.39, 0.29) is 5.54 Å². The van der Waals surface area contributed by atoms with Crippen LogP contribution in [0.25, 0.3) is 0 Å². The van der Waals surface area contributed by atoms with Crippen LogP contribution in [0.5, 0.6) is 0 Å². The van der Waals surface area contributed by atoms with Gasteiger partial charge in [0.05, 0.1) is 13.2 Å². The van der Waals surface area contributed by atoms with Gasteiger partial charge in [-0.3, -0.25) is 0 Å². The zero-order chi connectivity index (χ0) is 27.7. The van der Waals surface area contributed by atoms with Gasteiger partial charge in [-0.2, -0.15) is 0 Å².